The minimum absolute atomic E-state index is 0.363. The Hall–Kier alpha value is -1.85. The number of nitrogens with one attached hydrogen (secondary N) is 1. The standard InChI is InChI=1S/C15H18ClN3O2/c1-4-21-9-15-18-12(8-14(17-2)19-15)11-7-10(16)5-6-13(11)20-3/h5-8H,4,9H2,1-3H3,(H,17,18,19). The largest absolute Gasteiger partial charge is 0.496 e. The van der Waals surface area contributed by atoms with E-state index >= 15 is 0 Å². The van der Waals surface area contributed by atoms with Crippen molar-refractivity contribution in [1.82, 2.24) is 9.97 Å². The second-order valence-corrected chi connectivity index (χ2v) is 4.72. The molecule has 0 saturated carbocycles. The molecule has 1 heterocycles. The molecular formula is C15H18ClN3O2. The quantitative estimate of drug-likeness (QED) is 0.886. The first-order valence-corrected chi connectivity index (χ1v) is 7.03. The Bertz CT molecular complexity index is 620. The zero-order valence-corrected chi connectivity index (χ0v) is 13.1. The lowest BCUT2D eigenvalue weighted by Crippen LogP contribution is -2.04. The van der Waals surface area contributed by atoms with Gasteiger partial charge in [0.2, 0.25) is 0 Å². The summed E-state index contributed by atoms with van der Waals surface area (Å²) in [4.78, 5) is 8.90. The summed E-state index contributed by atoms with van der Waals surface area (Å²) in [5, 5.41) is 3.65. The molecule has 0 aliphatic heterocycles. The molecule has 0 aliphatic rings. The third-order valence-corrected chi connectivity index (χ3v) is 3.14. The molecule has 0 saturated heterocycles. The summed E-state index contributed by atoms with van der Waals surface area (Å²) in [6, 6.07) is 7.28. The van der Waals surface area contributed by atoms with Crippen molar-refractivity contribution < 1.29 is 9.47 Å². The molecule has 1 aromatic heterocycles. The molecule has 0 radical (unpaired) electrons. The Morgan fingerprint density at radius 3 is 2.71 bits per heavy atom. The summed E-state index contributed by atoms with van der Waals surface area (Å²) >= 11 is 6.08. The minimum atomic E-state index is 0.363. The highest BCUT2D eigenvalue weighted by molar-refractivity contribution is 6.30. The average Bonchev–Trinajstić information content (AvgIpc) is 2.52. The first kappa shape index (κ1) is 15.5. The van der Waals surface area contributed by atoms with Gasteiger partial charge >= 0.3 is 0 Å². The minimum Gasteiger partial charge on any atom is -0.496 e. The molecule has 0 unspecified atom stereocenters. The van der Waals surface area contributed by atoms with Gasteiger partial charge in [0.1, 0.15) is 18.2 Å². The Morgan fingerprint density at radius 2 is 2.05 bits per heavy atom. The number of anilines is 1. The van der Waals surface area contributed by atoms with Crippen LogP contribution in [0.25, 0.3) is 11.3 Å². The van der Waals surface area contributed by atoms with E-state index in [1.54, 1.807) is 13.2 Å². The number of benzene rings is 1. The number of ether oxygens (including phenoxy) is 2. The molecule has 0 aliphatic carbocycles. The monoisotopic (exact) mass is 307 g/mol. The van der Waals surface area contributed by atoms with Crippen LogP contribution >= 0.6 is 11.6 Å². The maximum Gasteiger partial charge on any atom is 0.157 e. The van der Waals surface area contributed by atoms with Crippen molar-refractivity contribution in [3.8, 4) is 17.0 Å². The van der Waals surface area contributed by atoms with Gasteiger partial charge in [-0.05, 0) is 25.1 Å². The highest BCUT2D eigenvalue weighted by Gasteiger charge is 2.11. The van der Waals surface area contributed by atoms with Crippen molar-refractivity contribution in [3.05, 3.63) is 35.1 Å². The van der Waals surface area contributed by atoms with Gasteiger partial charge in [0.05, 0.1) is 12.8 Å². The summed E-state index contributed by atoms with van der Waals surface area (Å²) in [5.41, 5.74) is 1.56. The molecule has 21 heavy (non-hydrogen) atoms. The molecule has 2 aromatic rings. The second-order valence-electron chi connectivity index (χ2n) is 4.29. The molecule has 0 bridgehead atoms. The van der Waals surface area contributed by atoms with Gasteiger partial charge in [0.15, 0.2) is 5.82 Å². The van der Waals surface area contributed by atoms with E-state index in [2.05, 4.69) is 15.3 Å². The van der Waals surface area contributed by atoms with Gasteiger partial charge in [-0.25, -0.2) is 9.97 Å². The lowest BCUT2D eigenvalue weighted by molar-refractivity contribution is 0.128. The summed E-state index contributed by atoms with van der Waals surface area (Å²) < 4.78 is 10.8. The fourth-order valence-corrected chi connectivity index (χ4v) is 2.07. The topological polar surface area (TPSA) is 56.3 Å². The van der Waals surface area contributed by atoms with Gasteiger partial charge in [-0.2, -0.15) is 0 Å². The van der Waals surface area contributed by atoms with E-state index in [1.807, 2.05) is 32.2 Å². The van der Waals surface area contributed by atoms with Gasteiger partial charge in [0.25, 0.3) is 0 Å². The van der Waals surface area contributed by atoms with Gasteiger partial charge in [-0.3, -0.25) is 0 Å². The number of hydrogen-bond acceptors (Lipinski definition) is 5. The van der Waals surface area contributed by atoms with Crippen LogP contribution in [-0.2, 0) is 11.3 Å². The number of hydrogen-bond donors (Lipinski definition) is 1. The van der Waals surface area contributed by atoms with Crippen molar-refractivity contribution in [3.63, 3.8) is 0 Å². The number of halogens is 1. The predicted molar refractivity (Wildman–Crippen MR) is 83.9 cm³/mol. The molecule has 0 atom stereocenters. The summed E-state index contributed by atoms with van der Waals surface area (Å²) in [5.74, 6) is 2.04. The predicted octanol–water partition coefficient (Wildman–Crippen LogP) is 3.38. The molecule has 2 rings (SSSR count). The molecule has 1 aromatic carbocycles. The third kappa shape index (κ3) is 3.83. The molecular weight excluding hydrogens is 290 g/mol. The molecule has 5 nitrogen and oxygen atoms in total. The van der Waals surface area contributed by atoms with Crippen molar-refractivity contribution >= 4 is 17.4 Å². The Morgan fingerprint density at radius 1 is 1.24 bits per heavy atom. The first-order chi connectivity index (χ1) is 10.2. The molecule has 112 valence electrons. The van der Waals surface area contributed by atoms with Crippen molar-refractivity contribution in [2.24, 2.45) is 0 Å². The van der Waals surface area contributed by atoms with Crippen LogP contribution in [0.3, 0.4) is 0 Å². The summed E-state index contributed by atoms with van der Waals surface area (Å²) in [6.45, 7) is 2.91. The lowest BCUT2D eigenvalue weighted by Gasteiger charge is -2.11. The van der Waals surface area contributed by atoms with Gasteiger partial charge < -0.3 is 14.8 Å². The molecule has 0 spiro atoms. The molecule has 6 heteroatoms. The van der Waals surface area contributed by atoms with E-state index in [1.165, 1.54) is 0 Å². The average molecular weight is 308 g/mol. The zero-order valence-electron chi connectivity index (χ0n) is 12.3. The number of aromatic nitrogens is 2. The fraction of sp³-hybridized carbons (Fsp3) is 0.333. The highest BCUT2D eigenvalue weighted by Crippen LogP contribution is 2.32. The summed E-state index contributed by atoms with van der Waals surface area (Å²) in [7, 11) is 3.43. The SMILES string of the molecule is CCOCc1nc(NC)cc(-c2cc(Cl)ccc2OC)n1. The van der Waals surface area contributed by atoms with Gasteiger partial charge in [-0.15, -0.1) is 0 Å². The first-order valence-electron chi connectivity index (χ1n) is 6.65. The number of rotatable bonds is 6. The maximum absolute atomic E-state index is 6.08. The van der Waals surface area contributed by atoms with Gasteiger partial charge in [-0.1, -0.05) is 11.6 Å². The van der Waals surface area contributed by atoms with Crippen LogP contribution in [-0.4, -0.2) is 30.7 Å². The maximum atomic E-state index is 6.08. The second kappa shape index (κ2) is 7.24. The molecule has 1 N–H and O–H groups in total. The smallest absolute Gasteiger partial charge is 0.157 e. The van der Waals surface area contributed by atoms with E-state index in [0.717, 1.165) is 17.1 Å². The normalized spacial score (nSPS) is 10.5. The van der Waals surface area contributed by atoms with Crippen LogP contribution in [0.15, 0.2) is 24.3 Å². The van der Waals surface area contributed by atoms with Crippen LogP contribution in [0.2, 0.25) is 5.02 Å². The van der Waals surface area contributed by atoms with Crippen LogP contribution in [0.4, 0.5) is 5.82 Å². The van der Waals surface area contributed by atoms with E-state index < -0.39 is 0 Å². The Balaban J connectivity index is 2.49. The van der Waals surface area contributed by atoms with Crippen molar-refractivity contribution in [2.45, 2.75) is 13.5 Å². The van der Waals surface area contributed by atoms with Crippen molar-refractivity contribution in [1.29, 1.82) is 0 Å². The third-order valence-electron chi connectivity index (χ3n) is 2.90. The van der Waals surface area contributed by atoms with Crippen LogP contribution in [0, 0.1) is 0 Å². The Kier molecular flexibility index (Phi) is 5.36. The zero-order chi connectivity index (χ0) is 15.2. The van der Waals surface area contributed by atoms with E-state index in [4.69, 9.17) is 21.1 Å². The fourth-order valence-electron chi connectivity index (χ4n) is 1.90. The van der Waals surface area contributed by atoms with Crippen LogP contribution in [0.5, 0.6) is 5.75 Å². The van der Waals surface area contributed by atoms with E-state index in [-0.39, 0.29) is 0 Å². The van der Waals surface area contributed by atoms with E-state index in [0.29, 0.717) is 29.8 Å². The van der Waals surface area contributed by atoms with Crippen molar-refractivity contribution in [2.75, 3.05) is 26.1 Å². The van der Waals surface area contributed by atoms with Crippen LogP contribution in [0.1, 0.15) is 12.7 Å². The van der Waals surface area contributed by atoms with E-state index in [9.17, 15) is 0 Å². The Labute approximate surface area is 129 Å². The van der Waals surface area contributed by atoms with Gasteiger partial charge in [0, 0.05) is 30.3 Å². The lowest BCUT2D eigenvalue weighted by atomic mass is 10.1. The summed E-state index contributed by atoms with van der Waals surface area (Å²) in [6.07, 6.45) is 0. The number of nitrogens with zero attached hydrogens (tertiary/aromatic N) is 2. The molecule has 0 fully saturated rings. The molecule has 0 amide bonds. The van der Waals surface area contributed by atoms with Crippen LogP contribution < -0.4 is 10.1 Å². The number of methoxy groups -OCH3 is 1. The highest BCUT2D eigenvalue weighted by atomic mass is 35.5.